The molecule has 5 rings (SSSR count). The highest BCUT2D eigenvalue weighted by Gasteiger charge is 2.44. The second-order valence-corrected chi connectivity index (χ2v) is 9.86. The summed E-state index contributed by atoms with van der Waals surface area (Å²) in [7, 11) is 0. The van der Waals surface area contributed by atoms with Gasteiger partial charge in [0.25, 0.3) is 0 Å². The second-order valence-electron chi connectivity index (χ2n) is 9.86. The molecule has 4 fully saturated rings. The molecular formula is C23H37N5O. The van der Waals surface area contributed by atoms with Crippen molar-refractivity contribution in [2.45, 2.75) is 76.5 Å². The number of anilines is 2. The molecule has 0 unspecified atom stereocenters. The predicted molar refractivity (Wildman–Crippen MR) is 116 cm³/mol. The summed E-state index contributed by atoms with van der Waals surface area (Å²) in [4.78, 5) is 17.0. The van der Waals surface area contributed by atoms with E-state index in [1.807, 2.05) is 0 Å². The zero-order chi connectivity index (χ0) is 19.8. The Bertz CT molecular complexity index is 690. The van der Waals surface area contributed by atoms with Crippen LogP contribution < -0.4 is 9.80 Å². The Balaban J connectivity index is 1.30. The number of piperidine rings is 4. The van der Waals surface area contributed by atoms with Crippen LogP contribution in [0.2, 0.25) is 0 Å². The molecule has 1 aromatic heterocycles. The molecule has 0 saturated carbocycles. The van der Waals surface area contributed by atoms with Crippen LogP contribution in [-0.2, 0) is 0 Å². The van der Waals surface area contributed by atoms with Gasteiger partial charge in [0.1, 0.15) is 18.0 Å². The van der Waals surface area contributed by atoms with Gasteiger partial charge in [-0.25, -0.2) is 9.97 Å². The first kappa shape index (κ1) is 19.6. The molecule has 6 heteroatoms. The minimum Gasteiger partial charge on any atom is -0.393 e. The number of rotatable bonds is 4. The van der Waals surface area contributed by atoms with E-state index in [0.29, 0.717) is 0 Å². The van der Waals surface area contributed by atoms with Crippen molar-refractivity contribution in [3.05, 3.63) is 12.4 Å². The van der Waals surface area contributed by atoms with Crippen LogP contribution >= 0.6 is 0 Å². The molecule has 0 spiro atoms. The van der Waals surface area contributed by atoms with Gasteiger partial charge in [0.2, 0.25) is 0 Å². The van der Waals surface area contributed by atoms with Gasteiger partial charge in [0.05, 0.1) is 6.10 Å². The highest BCUT2D eigenvalue weighted by molar-refractivity contribution is 5.51. The summed E-state index contributed by atoms with van der Waals surface area (Å²) >= 11 is 0. The van der Waals surface area contributed by atoms with E-state index in [1.54, 1.807) is 6.33 Å². The number of nitrogens with zero attached hydrogens (tertiary/aromatic N) is 5. The van der Waals surface area contributed by atoms with Gasteiger partial charge in [-0.3, -0.25) is 4.90 Å². The lowest BCUT2D eigenvalue weighted by Gasteiger charge is -2.55. The molecule has 4 aliphatic heterocycles. The monoisotopic (exact) mass is 399 g/mol. The zero-order valence-corrected chi connectivity index (χ0v) is 17.9. The summed E-state index contributed by atoms with van der Waals surface area (Å²) < 4.78 is 0. The Hall–Kier alpha value is -1.40. The van der Waals surface area contributed by atoms with E-state index < -0.39 is 0 Å². The normalized spacial score (nSPS) is 33.6. The first-order valence-corrected chi connectivity index (χ1v) is 12.0. The van der Waals surface area contributed by atoms with Gasteiger partial charge in [-0.1, -0.05) is 19.8 Å². The molecule has 6 nitrogen and oxygen atoms in total. The van der Waals surface area contributed by atoms with Gasteiger partial charge in [-0.05, 0) is 50.4 Å². The molecule has 5 heterocycles. The number of hydrogen-bond donors (Lipinski definition) is 1. The Morgan fingerprint density at radius 2 is 1.79 bits per heavy atom. The highest BCUT2D eigenvalue weighted by atomic mass is 16.3. The van der Waals surface area contributed by atoms with Gasteiger partial charge in [-0.2, -0.15) is 0 Å². The fraction of sp³-hybridized carbons (Fsp3) is 0.826. The Morgan fingerprint density at radius 1 is 1.00 bits per heavy atom. The van der Waals surface area contributed by atoms with E-state index in [0.717, 1.165) is 74.6 Å². The third kappa shape index (κ3) is 3.98. The molecule has 1 N–H and O–H groups in total. The summed E-state index contributed by atoms with van der Waals surface area (Å²) in [5, 5.41) is 9.80. The van der Waals surface area contributed by atoms with Crippen LogP contribution in [0.3, 0.4) is 0 Å². The summed E-state index contributed by atoms with van der Waals surface area (Å²) in [5.74, 6) is 3.68. The minimum atomic E-state index is -0.149. The number of aliphatic hydroxyl groups is 1. The standard InChI is InChI=1S/C23H37N5O/c1-2-4-19-5-3-6-21-18-11-17(14-28(19)21)13-27(15-18)23-12-22(24-16-25-23)26-9-7-20(29)8-10-26/h12,16-21,29H,2-11,13-15H2,1H3/t17-,18+,19-,21-/m0/s1. The fourth-order valence-corrected chi connectivity index (χ4v) is 6.52. The third-order valence-corrected chi connectivity index (χ3v) is 7.89. The number of aliphatic hydroxyl groups excluding tert-OH is 1. The summed E-state index contributed by atoms with van der Waals surface area (Å²) in [6, 6.07) is 3.80. The van der Waals surface area contributed by atoms with Crippen molar-refractivity contribution >= 4 is 11.6 Å². The first-order chi connectivity index (χ1) is 14.2. The van der Waals surface area contributed by atoms with Crippen molar-refractivity contribution in [3.8, 4) is 0 Å². The Morgan fingerprint density at radius 3 is 2.59 bits per heavy atom. The van der Waals surface area contributed by atoms with E-state index in [4.69, 9.17) is 0 Å². The lowest BCUT2D eigenvalue weighted by molar-refractivity contribution is -0.0216. The van der Waals surface area contributed by atoms with Gasteiger partial charge in [0, 0.05) is 50.9 Å². The van der Waals surface area contributed by atoms with Crippen LogP contribution in [0, 0.1) is 11.8 Å². The maximum atomic E-state index is 9.80. The maximum Gasteiger partial charge on any atom is 0.134 e. The van der Waals surface area contributed by atoms with Crippen LogP contribution in [0.4, 0.5) is 11.6 Å². The van der Waals surface area contributed by atoms with Crippen LogP contribution in [0.5, 0.6) is 0 Å². The molecule has 160 valence electrons. The van der Waals surface area contributed by atoms with Crippen LogP contribution in [0.25, 0.3) is 0 Å². The van der Waals surface area contributed by atoms with E-state index in [-0.39, 0.29) is 6.10 Å². The summed E-state index contributed by atoms with van der Waals surface area (Å²) in [6.07, 6.45) is 11.6. The molecule has 1 aromatic rings. The molecule has 4 atom stereocenters. The van der Waals surface area contributed by atoms with Crippen molar-refractivity contribution in [2.75, 3.05) is 42.5 Å². The van der Waals surface area contributed by atoms with Crippen molar-refractivity contribution in [2.24, 2.45) is 11.8 Å². The van der Waals surface area contributed by atoms with Gasteiger partial charge < -0.3 is 14.9 Å². The Labute approximate surface area is 175 Å². The molecule has 0 amide bonds. The third-order valence-electron chi connectivity index (χ3n) is 7.89. The largest absolute Gasteiger partial charge is 0.393 e. The second kappa shape index (κ2) is 8.38. The van der Waals surface area contributed by atoms with Crippen LogP contribution in [0.15, 0.2) is 12.4 Å². The van der Waals surface area contributed by atoms with Crippen molar-refractivity contribution in [3.63, 3.8) is 0 Å². The van der Waals surface area contributed by atoms with Gasteiger partial charge in [0.15, 0.2) is 0 Å². The van der Waals surface area contributed by atoms with Gasteiger partial charge in [-0.15, -0.1) is 0 Å². The summed E-state index contributed by atoms with van der Waals surface area (Å²) in [5.41, 5.74) is 0. The molecule has 29 heavy (non-hydrogen) atoms. The predicted octanol–water partition coefficient (Wildman–Crippen LogP) is 2.92. The average molecular weight is 400 g/mol. The van der Waals surface area contributed by atoms with E-state index >= 15 is 0 Å². The molecular weight excluding hydrogens is 362 g/mol. The average Bonchev–Trinajstić information content (AvgIpc) is 2.75. The Kier molecular flexibility index (Phi) is 5.65. The molecule has 2 bridgehead atoms. The van der Waals surface area contributed by atoms with Crippen molar-refractivity contribution in [1.29, 1.82) is 0 Å². The van der Waals surface area contributed by atoms with E-state index in [2.05, 4.69) is 37.7 Å². The topological polar surface area (TPSA) is 55.7 Å². The molecule has 0 aromatic carbocycles. The lowest BCUT2D eigenvalue weighted by Crippen LogP contribution is -2.61. The highest BCUT2D eigenvalue weighted by Crippen LogP contribution is 2.41. The summed E-state index contributed by atoms with van der Waals surface area (Å²) in [6.45, 7) is 7.67. The van der Waals surface area contributed by atoms with Crippen LogP contribution in [-0.4, -0.2) is 70.9 Å². The lowest BCUT2D eigenvalue weighted by atomic mass is 9.74. The van der Waals surface area contributed by atoms with Crippen molar-refractivity contribution in [1.82, 2.24) is 14.9 Å². The fourth-order valence-electron chi connectivity index (χ4n) is 6.52. The van der Waals surface area contributed by atoms with Gasteiger partial charge >= 0.3 is 0 Å². The first-order valence-electron chi connectivity index (χ1n) is 12.0. The number of aromatic nitrogens is 2. The van der Waals surface area contributed by atoms with Crippen LogP contribution in [0.1, 0.15) is 58.3 Å². The number of hydrogen-bond acceptors (Lipinski definition) is 6. The quantitative estimate of drug-likeness (QED) is 0.840. The molecule has 4 saturated heterocycles. The van der Waals surface area contributed by atoms with E-state index in [9.17, 15) is 5.11 Å². The molecule has 4 aliphatic rings. The molecule has 0 aliphatic carbocycles. The minimum absolute atomic E-state index is 0.149. The molecule has 0 radical (unpaired) electrons. The SMILES string of the molecule is CCC[C@H]1CCC[C@H]2[C@@H]3C[C@@H](CN(c4cc(N5CCC(O)CC5)ncn4)C3)CN12. The van der Waals surface area contributed by atoms with E-state index in [1.165, 1.54) is 45.1 Å². The maximum absolute atomic E-state index is 9.80. The number of fused-ring (bicyclic) bond motifs is 4. The zero-order valence-electron chi connectivity index (χ0n) is 17.9. The smallest absolute Gasteiger partial charge is 0.134 e. The van der Waals surface area contributed by atoms with Crippen molar-refractivity contribution < 1.29 is 5.11 Å².